The minimum absolute atomic E-state index is 0.0391. The molecule has 0 unspecified atom stereocenters. The monoisotopic (exact) mass is 450 g/mol. The summed E-state index contributed by atoms with van der Waals surface area (Å²) >= 11 is 0. The first kappa shape index (κ1) is 23.1. The number of unbranched alkanes of at least 4 members (excludes halogenated alkanes) is 4. The van der Waals surface area contributed by atoms with E-state index >= 15 is 0 Å². The molecule has 2 amide bonds. The van der Waals surface area contributed by atoms with Crippen LogP contribution in [0.15, 0.2) is 48.5 Å². The smallest absolute Gasteiger partial charge is 0.251 e. The van der Waals surface area contributed by atoms with Gasteiger partial charge in [0.2, 0.25) is 0 Å². The van der Waals surface area contributed by atoms with E-state index in [1.165, 1.54) is 0 Å². The number of amides is 2. The van der Waals surface area contributed by atoms with Crippen LogP contribution < -0.4 is 20.1 Å². The first-order valence-electron chi connectivity index (χ1n) is 12.3. The van der Waals surface area contributed by atoms with Gasteiger partial charge in [-0.15, -0.1) is 0 Å². The molecule has 0 aromatic heterocycles. The highest BCUT2D eigenvalue weighted by Gasteiger charge is 2.24. The van der Waals surface area contributed by atoms with Crippen LogP contribution in [0.3, 0.4) is 0 Å². The fourth-order valence-electron chi connectivity index (χ4n) is 3.51. The second-order valence-corrected chi connectivity index (χ2v) is 8.96. The molecule has 0 spiro atoms. The summed E-state index contributed by atoms with van der Waals surface area (Å²) in [4.78, 5) is 24.4. The normalized spacial score (nSPS) is 15.0. The topological polar surface area (TPSA) is 76.7 Å². The van der Waals surface area contributed by atoms with Gasteiger partial charge in [0.1, 0.15) is 11.5 Å². The number of carbonyl (C=O) groups is 2. The fourth-order valence-corrected chi connectivity index (χ4v) is 3.51. The molecular formula is C27H34N2O4. The maximum absolute atomic E-state index is 12.2. The third-order valence-corrected chi connectivity index (χ3v) is 5.81. The van der Waals surface area contributed by atoms with Crippen LogP contribution in [0.2, 0.25) is 0 Å². The lowest BCUT2D eigenvalue weighted by Crippen LogP contribution is -2.24. The molecule has 0 saturated heterocycles. The van der Waals surface area contributed by atoms with Crippen molar-refractivity contribution in [3.63, 3.8) is 0 Å². The molecule has 2 aliphatic rings. The van der Waals surface area contributed by atoms with Crippen molar-refractivity contribution in [3.05, 3.63) is 59.7 Å². The number of ether oxygens (including phenoxy) is 2. The molecule has 176 valence electrons. The van der Waals surface area contributed by atoms with Gasteiger partial charge in [-0.05, 0) is 87.1 Å². The van der Waals surface area contributed by atoms with Crippen LogP contribution in [0.5, 0.6) is 11.5 Å². The van der Waals surface area contributed by atoms with E-state index in [4.69, 9.17) is 9.47 Å². The van der Waals surface area contributed by atoms with Crippen LogP contribution in [0.1, 0.15) is 78.5 Å². The minimum Gasteiger partial charge on any atom is -0.490 e. The Hall–Kier alpha value is -3.02. The Kier molecular flexibility index (Phi) is 8.23. The number of rotatable bonds is 14. The van der Waals surface area contributed by atoms with E-state index in [0.717, 1.165) is 69.3 Å². The van der Waals surface area contributed by atoms with Gasteiger partial charge in [-0.1, -0.05) is 19.3 Å². The van der Waals surface area contributed by atoms with E-state index in [-0.39, 0.29) is 11.8 Å². The molecule has 2 aromatic rings. The highest BCUT2D eigenvalue weighted by molar-refractivity contribution is 5.94. The zero-order chi connectivity index (χ0) is 22.9. The summed E-state index contributed by atoms with van der Waals surface area (Å²) in [6, 6.07) is 14.7. The van der Waals surface area contributed by atoms with Gasteiger partial charge < -0.3 is 20.1 Å². The Morgan fingerprint density at radius 3 is 1.33 bits per heavy atom. The first-order chi connectivity index (χ1) is 16.2. The average molecular weight is 451 g/mol. The van der Waals surface area contributed by atoms with Crippen LogP contribution in [0.25, 0.3) is 0 Å². The van der Waals surface area contributed by atoms with Crippen LogP contribution in [0.4, 0.5) is 0 Å². The van der Waals surface area contributed by atoms with Crippen molar-refractivity contribution in [1.29, 1.82) is 0 Å². The van der Waals surface area contributed by atoms with Crippen molar-refractivity contribution >= 4 is 11.8 Å². The van der Waals surface area contributed by atoms with Gasteiger partial charge in [0, 0.05) is 24.2 Å². The minimum atomic E-state index is -0.0391. The van der Waals surface area contributed by atoms with Crippen molar-refractivity contribution in [2.24, 2.45) is 0 Å². The number of hydrogen-bond acceptors (Lipinski definition) is 4. The molecule has 0 bridgehead atoms. The molecular weight excluding hydrogens is 416 g/mol. The molecule has 2 saturated carbocycles. The van der Waals surface area contributed by atoms with E-state index in [0.29, 0.717) is 36.4 Å². The Morgan fingerprint density at radius 2 is 0.970 bits per heavy atom. The highest BCUT2D eigenvalue weighted by Crippen LogP contribution is 2.27. The second kappa shape index (κ2) is 11.7. The van der Waals surface area contributed by atoms with E-state index in [1.54, 1.807) is 0 Å². The Balaban J connectivity index is 0.998. The summed E-state index contributed by atoms with van der Waals surface area (Å²) in [7, 11) is 0. The maximum Gasteiger partial charge on any atom is 0.251 e. The summed E-state index contributed by atoms with van der Waals surface area (Å²) in [6.07, 6.45) is 10.4. The van der Waals surface area contributed by atoms with Gasteiger partial charge in [0.05, 0.1) is 12.2 Å². The Morgan fingerprint density at radius 1 is 0.606 bits per heavy atom. The number of nitrogens with one attached hydrogen (secondary N) is 2. The largest absolute Gasteiger partial charge is 0.490 e. The van der Waals surface area contributed by atoms with Crippen LogP contribution in [0, 0.1) is 0 Å². The van der Waals surface area contributed by atoms with Gasteiger partial charge in [-0.2, -0.15) is 0 Å². The van der Waals surface area contributed by atoms with E-state index in [9.17, 15) is 9.59 Å². The average Bonchev–Trinajstić information content (AvgIpc) is 3.76. The van der Waals surface area contributed by atoms with Gasteiger partial charge in [0.15, 0.2) is 0 Å². The zero-order valence-electron chi connectivity index (χ0n) is 19.2. The summed E-state index contributed by atoms with van der Waals surface area (Å²) < 4.78 is 11.4. The molecule has 6 heteroatoms. The summed E-state index contributed by atoms with van der Waals surface area (Å²) in [5.41, 5.74) is 1.33. The third-order valence-electron chi connectivity index (χ3n) is 5.81. The molecule has 6 nitrogen and oxygen atoms in total. The lowest BCUT2D eigenvalue weighted by molar-refractivity contribution is 0.0945. The van der Waals surface area contributed by atoms with Crippen molar-refractivity contribution < 1.29 is 19.1 Å². The number of benzene rings is 2. The maximum atomic E-state index is 12.2. The molecule has 0 heterocycles. The quantitative estimate of drug-likeness (QED) is 0.402. The Labute approximate surface area is 196 Å². The van der Waals surface area contributed by atoms with Gasteiger partial charge in [-0.25, -0.2) is 0 Å². The molecule has 2 aliphatic carbocycles. The third kappa shape index (κ3) is 8.12. The van der Waals surface area contributed by atoms with Gasteiger partial charge in [0.25, 0.3) is 11.8 Å². The highest BCUT2D eigenvalue weighted by atomic mass is 16.5. The molecule has 0 atom stereocenters. The van der Waals surface area contributed by atoms with Crippen molar-refractivity contribution in [1.82, 2.24) is 10.6 Å². The molecule has 33 heavy (non-hydrogen) atoms. The molecule has 0 aliphatic heterocycles. The second-order valence-electron chi connectivity index (χ2n) is 8.96. The Bertz CT molecular complexity index is 827. The van der Waals surface area contributed by atoms with Gasteiger partial charge in [-0.3, -0.25) is 9.59 Å². The fraction of sp³-hybridized carbons (Fsp3) is 0.481. The molecule has 2 N–H and O–H groups in total. The van der Waals surface area contributed by atoms with Crippen molar-refractivity contribution in [3.8, 4) is 11.5 Å². The van der Waals surface area contributed by atoms with E-state index in [2.05, 4.69) is 10.6 Å². The number of carbonyl (C=O) groups excluding carboxylic acids is 2. The molecule has 2 fully saturated rings. The summed E-state index contributed by atoms with van der Waals surface area (Å²) in [6.45, 7) is 1.35. The SMILES string of the molecule is O=C(NCCCCCCCNC(=O)c1ccc(OC2CC2)cc1)c1ccc(OC2CC2)cc1. The molecule has 4 rings (SSSR count). The van der Waals surface area contributed by atoms with E-state index in [1.807, 2.05) is 48.5 Å². The standard InChI is InChI=1S/C27H34N2O4/c30-26(20-6-10-22(11-7-20)32-24-14-15-24)28-18-4-2-1-3-5-19-29-27(31)21-8-12-23(13-9-21)33-25-16-17-25/h6-13,24-25H,1-5,14-19H2,(H,28,30)(H,29,31). The predicted octanol–water partition coefficient (Wildman–Crippen LogP) is 4.88. The summed E-state index contributed by atoms with van der Waals surface area (Å²) in [5, 5.41) is 5.96. The van der Waals surface area contributed by atoms with Crippen molar-refractivity contribution in [2.75, 3.05) is 13.1 Å². The van der Waals surface area contributed by atoms with Crippen LogP contribution >= 0.6 is 0 Å². The summed E-state index contributed by atoms with van der Waals surface area (Å²) in [5.74, 6) is 1.59. The van der Waals surface area contributed by atoms with Gasteiger partial charge >= 0.3 is 0 Å². The van der Waals surface area contributed by atoms with Crippen LogP contribution in [-0.4, -0.2) is 37.1 Å². The van der Waals surface area contributed by atoms with Crippen molar-refractivity contribution in [2.45, 2.75) is 70.0 Å². The van der Waals surface area contributed by atoms with E-state index < -0.39 is 0 Å². The number of hydrogen-bond donors (Lipinski definition) is 2. The molecule has 0 radical (unpaired) electrons. The predicted molar refractivity (Wildman–Crippen MR) is 128 cm³/mol. The van der Waals surface area contributed by atoms with Crippen LogP contribution in [-0.2, 0) is 0 Å². The zero-order valence-corrected chi connectivity index (χ0v) is 19.2. The first-order valence-corrected chi connectivity index (χ1v) is 12.3. The lowest BCUT2D eigenvalue weighted by atomic mass is 10.1. The molecule has 2 aromatic carbocycles. The lowest BCUT2D eigenvalue weighted by Gasteiger charge is -2.08.